The fourth-order valence-electron chi connectivity index (χ4n) is 3.18. The molecule has 3 nitrogen and oxygen atoms in total. The molecule has 0 bridgehead atoms. The summed E-state index contributed by atoms with van der Waals surface area (Å²) in [5, 5.41) is 3.55. The summed E-state index contributed by atoms with van der Waals surface area (Å²) in [5.74, 6) is 0. The summed E-state index contributed by atoms with van der Waals surface area (Å²) in [7, 11) is 0. The van der Waals surface area contributed by atoms with Crippen LogP contribution in [0.2, 0.25) is 0 Å². The van der Waals surface area contributed by atoms with E-state index in [-0.39, 0.29) is 0 Å². The molecule has 1 saturated heterocycles. The summed E-state index contributed by atoms with van der Waals surface area (Å²) in [4.78, 5) is 2.73. The van der Waals surface area contributed by atoms with Crippen LogP contribution in [0.5, 0.6) is 0 Å². The molecule has 100 valence electrons. The number of nitrogens with one attached hydrogen (secondary N) is 1. The minimum absolute atomic E-state index is 0.610. The molecule has 3 heteroatoms. The van der Waals surface area contributed by atoms with Gasteiger partial charge >= 0.3 is 0 Å². The summed E-state index contributed by atoms with van der Waals surface area (Å²) in [6, 6.07) is 1.44. The Bertz CT molecular complexity index is 204. The summed E-state index contributed by atoms with van der Waals surface area (Å²) >= 11 is 0. The third-order valence-electron chi connectivity index (χ3n) is 4.12. The zero-order valence-electron chi connectivity index (χ0n) is 11.3. The van der Waals surface area contributed by atoms with Gasteiger partial charge in [-0.2, -0.15) is 0 Å². The number of hydrogen-bond donors (Lipinski definition) is 1. The quantitative estimate of drug-likeness (QED) is 0.744. The summed E-state index contributed by atoms with van der Waals surface area (Å²) < 4.78 is 5.65. The Labute approximate surface area is 106 Å². The van der Waals surface area contributed by atoms with Crippen molar-refractivity contribution in [1.82, 2.24) is 10.2 Å². The van der Waals surface area contributed by atoms with Crippen molar-refractivity contribution in [2.24, 2.45) is 0 Å². The molecule has 1 aliphatic heterocycles. The third kappa shape index (κ3) is 3.94. The van der Waals surface area contributed by atoms with Crippen molar-refractivity contribution in [3.8, 4) is 0 Å². The SMILES string of the molecule is CCCNCC1COCCN1C1CCCCC1. The van der Waals surface area contributed by atoms with E-state index in [1.165, 1.54) is 38.5 Å². The van der Waals surface area contributed by atoms with Crippen LogP contribution in [0.3, 0.4) is 0 Å². The van der Waals surface area contributed by atoms with Gasteiger partial charge in [-0.1, -0.05) is 26.2 Å². The maximum atomic E-state index is 5.65. The average Bonchev–Trinajstić information content (AvgIpc) is 2.41. The Hall–Kier alpha value is -0.120. The Balaban J connectivity index is 1.82. The number of hydrogen-bond acceptors (Lipinski definition) is 3. The van der Waals surface area contributed by atoms with Gasteiger partial charge in [0.15, 0.2) is 0 Å². The van der Waals surface area contributed by atoms with Crippen LogP contribution in [-0.4, -0.2) is 49.8 Å². The molecule has 1 aliphatic carbocycles. The van der Waals surface area contributed by atoms with Crippen LogP contribution in [0.1, 0.15) is 45.4 Å². The molecule has 1 heterocycles. The molecule has 17 heavy (non-hydrogen) atoms. The fraction of sp³-hybridized carbons (Fsp3) is 1.00. The molecule has 1 saturated carbocycles. The molecule has 0 aromatic rings. The Morgan fingerprint density at radius 1 is 1.24 bits per heavy atom. The lowest BCUT2D eigenvalue weighted by Crippen LogP contribution is -2.54. The van der Waals surface area contributed by atoms with Gasteiger partial charge in [-0.05, 0) is 25.8 Å². The first-order chi connectivity index (χ1) is 8.42. The van der Waals surface area contributed by atoms with Gasteiger partial charge in [-0.3, -0.25) is 4.90 Å². The molecule has 0 amide bonds. The van der Waals surface area contributed by atoms with Crippen molar-refractivity contribution >= 4 is 0 Å². The van der Waals surface area contributed by atoms with E-state index in [0.717, 1.165) is 38.9 Å². The number of morpholine rings is 1. The van der Waals surface area contributed by atoms with E-state index in [0.29, 0.717) is 6.04 Å². The second-order valence-electron chi connectivity index (χ2n) is 5.46. The van der Waals surface area contributed by atoms with Crippen molar-refractivity contribution in [2.45, 2.75) is 57.5 Å². The van der Waals surface area contributed by atoms with Gasteiger partial charge in [0.1, 0.15) is 0 Å². The van der Waals surface area contributed by atoms with Gasteiger partial charge in [-0.25, -0.2) is 0 Å². The highest BCUT2D eigenvalue weighted by Gasteiger charge is 2.29. The van der Waals surface area contributed by atoms with Crippen LogP contribution in [-0.2, 0) is 4.74 Å². The van der Waals surface area contributed by atoms with Crippen LogP contribution in [0, 0.1) is 0 Å². The van der Waals surface area contributed by atoms with E-state index in [1.807, 2.05) is 0 Å². The largest absolute Gasteiger partial charge is 0.378 e. The van der Waals surface area contributed by atoms with Crippen LogP contribution in [0.4, 0.5) is 0 Å². The minimum Gasteiger partial charge on any atom is -0.378 e. The predicted octanol–water partition coefficient (Wildman–Crippen LogP) is 2.02. The van der Waals surface area contributed by atoms with Gasteiger partial charge in [0.2, 0.25) is 0 Å². The minimum atomic E-state index is 0.610. The molecule has 0 spiro atoms. The van der Waals surface area contributed by atoms with Gasteiger partial charge < -0.3 is 10.1 Å². The fourth-order valence-corrected chi connectivity index (χ4v) is 3.18. The third-order valence-corrected chi connectivity index (χ3v) is 4.12. The second-order valence-corrected chi connectivity index (χ2v) is 5.46. The topological polar surface area (TPSA) is 24.5 Å². The summed E-state index contributed by atoms with van der Waals surface area (Å²) in [6.07, 6.45) is 8.33. The molecule has 2 rings (SSSR count). The molecular formula is C14H28N2O. The molecule has 0 aromatic carbocycles. The molecule has 2 fully saturated rings. The van der Waals surface area contributed by atoms with Crippen molar-refractivity contribution in [3.63, 3.8) is 0 Å². The highest BCUT2D eigenvalue weighted by atomic mass is 16.5. The average molecular weight is 240 g/mol. The summed E-state index contributed by atoms with van der Waals surface area (Å²) in [5.41, 5.74) is 0. The lowest BCUT2D eigenvalue weighted by atomic mass is 9.93. The number of ether oxygens (including phenoxy) is 1. The van der Waals surface area contributed by atoms with Crippen molar-refractivity contribution in [1.29, 1.82) is 0 Å². The van der Waals surface area contributed by atoms with E-state index in [1.54, 1.807) is 0 Å². The van der Waals surface area contributed by atoms with Gasteiger partial charge in [0.05, 0.1) is 13.2 Å². The zero-order chi connectivity index (χ0) is 11.9. The summed E-state index contributed by atoms with van der Waals surface area (Å²) in [6.45, 7) is 7.46. The first-order valence-electron chi connectivity index (χ1n) is 7.46. The van der Waals surface area contributed by atoms with E-state index in [9.17, 15) is 0 Å². The smallest absolute Gasteiger partial charge is 0.0635 e. The normalized spacial score (nSPS) is 28.4. The molecule has 0 aromatic heterocycles. The molecular weight excluding hydrogens is 212 g/mol. The maximum Gasteiger partial charge on any atom is 0.0635 e. The van der Waals surface area contributed by atoms with Gasteiger partial charge in [0.25, 0.3) is 0 Å². The monoisotopic (exact) mass is 240 g/mol. The lowest BCUT2D eigenvalue weighted by Gasteiger charge is -2.42. The Morgan fingerprint density at radius 3 is 2.82 bits per heavy atom. The molecule has 1 N–H and O–H groups in total. The molecule has 1 unspecified atom stereocenters. The van der Waals surface area contributed by atoms with Crippen LogP contribution in [0.15, 0.2) is 0 Å². The van der Waals surface area contributed by atoms with Gasteiger partial charge in [0, 0.05) is 25.2 Å². The van der Waals surface area contributed by atoms with E-state index in [2.05, 4.69) is 17.1 Å². The number of nitrogens with zero attached hydrogens (tertiary/aromatic N) is 1. The van der Waals surface area contributed by atoms with E-state index >= 15 is 0 Å². The maximum absolute atomic E-state index is 5.65. The van der Waals surface area contributed by atoms with Crippen LogP contribution >= 0.6 is 0 Å². The highest BCUT2D eigenvalue weighted by Crippen LogP contribution is 2.25. The predicted molar refractivity (Wildman–Crippen MR) is 71.3 cm³/mol. The van der Waals surface area contributed by atoms with Crippen molar-refractivity contribution in [3.05, 3.63) is 0 Å². The highest BCUT2D eigenvalue weighted by molar-refractivity contribution is 4.85. The molecule has 1 atom stereocenters. The van der Waals surface area contributed by atoms with Crippen molar-refractivity contribution < 1.29 is 4.74 Å². The zero-order valence-corrected chi connectivity index (χ0v) is 11.3. The first-order valence-corrected chi connectivity index (χ1v) is 7.46. The van der Waals surface area contributed by atoms with Crippen LogP contribution in [0.25, 0.3) is 0 Å². The lowest BCUT2D eigenvalue weighted by molar-refractivity contribution is -0.0351. The van der Waals surface area contributed by atoms with E-state index < -0.39 is 0 Å². The van der Waals surface area contributed by atoms with E-state index in [4.69, 9.17) is 4.74 Å². The Morgan fingerprint density at radius 2 is 2.06 bits per heavy atom. The second kappa shape index (κ2) is 7.34. The van der Waals surface area contributed by atoms with Crippen LogP contribution < -0.4 is 5.32 Å². The first kappa shape index (κ1) is 13.3. The molecule has 2 aliphatic rings. The number of rotatable bonds is 5. The Kier molecular flexibility index (Phi) is 5.75. The molecule has 0 radical (unpaired) electrons. The van der Waals surface area contributed by atoms with Crippen molar-refractivity contribution in [2.75, 3.05) is 32.8 Å². The standard InChI is InChI=1S/C14H28N2O/c1-2-8-15-11-14-12-17-10-9-16(14)13-6-4-3-5-7-13/h13-15H,2-12H2,1H3. The van der Waals surface area contributed by atoms with Gasteiger partial charge in [-0.15, -0.1) is 0 Å².